The highest BCUT2D eigenvalue weighted by atomic mass is 16.5. The molecule has 1 fully saturated rings. The summed E-state index contributed by atoms with van der Waals surface area (Å²) in [6.07, 6.45) is 4.10. The predicted octanol–water partition coefficient (Wildman–Crippen LogP) is 1.23. The molecule has 0 bridgehead atoms. The Morgan fingerprint density at radius 2 is 2.16 bits per heavy atom. The van der Waals surface area contributed by atoms with Crippen molar-refractivity contribution in [2.75, 3.05) is 26.2 Å². The summed E-state index contributed by atoms with van der Waals surface area (Å²) < 4.78 is 4.84. The van der Waals surface area contributed by atoms with E-state index in [1.54, 1.807) is 6.92 Å². The van der Waals surface area contributed by atoms with Gasteiger partial charge in [0.15, 0.2) is 0 Å². The third-order valence-electron chi connectivity index (χ3n) is 3.60. The Balaban J connectivity index is 2.42. The Bertz CT molecular complexity index is 294. The van der Waals surface area contributed by atoms with Crippen molar-refractivity contribution < 1.29 is 14.3 Å². The zero-order valence-electron chi connectivity index (χ0n) is 12.1. The molecule has 5 heteroatoms. The summed E-state index contributed by atoms with van der Waals surface area (Å²) in [6.45, 7) is 6.36. The van der Waals surface area contributed by atoms with E-state index in [9.17, 15) is 9.59 Å². The van der Waals surface area contributed by atoms with Crippen LogP contribution >= 0.6 is 0 Å². The van der Waals surface area contributed by atoms with E-state index in [4.69, 9.17) is 4.74 Å². The summed E-state index contributed by atoms with van der Waals surface area (Å²) in [5.41, 5.74) is -0.290. The van der Waals surface area contributed by atoms with Gasteiger partial charge in [-0.1, -0.05) is 13.3 Å². The molecule has 110 valence electrons. The number of piperidine rings is 1. The zero-order chi connectivity index (χ0) is 14.1. The maximum absolute atomic E-state index is 12.3. The second kappa shape index (κ2) is 8.15. The molecule has 1 amide bonds. The van der Waals surface area contributed by atoms with Gasteiger partial charge >= 0.3 is 5.97 Å². The first kappa shape index (κ1) is 16.0. The van der Waals surface area contributed by atoms with E-state index in [0.717, 1.165) is 38.8 Å². The lowest BCUT2D eigenvalue weighted by Gasteiger charge is -2.36. The van der Waals surface area contributed by atoms with Crippen LogP contribution in [0.4, 0.5) is 0 Å². The molecule has 1 unspecified atom stereocenters. The molecule has 1 aliphatic heterocycles. The molecule has 0 saturated carbocycles. The molecule has 1 aliphatic rings. The molecule has 0 aliphatic carbocycles. The number of carbonyl (C=O) groups excluding carboxylic acids is 2. The van der Waals surface area contributed by atoms with Crippen molar-refractivity contribution >= 4 is 11.9 Å². The Morgan fingerprint density at radius 3 is 2.74 bits per heavy atom. The van der Waals surface area contributed by atoms with Crippen molar-refractivity contribution in [2.24, 2.45) is 5.41 Å². The minimum absolute atomic E-state index is 0.0749. The fourth-order valence-electron chi connectivity index (χ4n) is 2.67. The molecule has 0 aromatic heterocycles. The average molecular weight is 270 g/mol. The van der Waals surface area contributed by atoms with E-state index < -0.39 is 0 Å². The largest absolute Gasteiger partial charge is 0.466 e. The summed E-state index contributed by atoms with van der Waals surface area (Å²) >= 11 is 0. The van der Waals surface area contributed by atoms with Crippen LogP contribution in [0, 0.1) is 5.41 Å². The zero-order valence-corrected chi connectivity index (χ0v) is 12.1. The van der Waals surface area contributed by atoms with Gasteiger partial charge in [-0.25, -0.2) is 0 Å². The van der Waals surface area contributed by atoms with Crippen molar-refractivity contribution in [2.45, 2.75) is 46.0 Å². The SMILES string of the molecule is CCCC1(C(=O)NCCC(=O)OCC)CCCNC1. The smallest absolute Gasteiger partial charge is 0.307 e. The van der Waals surface area contributed by atoms with Gasteiger partial charge in [0.05, 0.1) is 18.4 Å². The van der Waals surface area contributed by atoms with Gasteiger partial charge in [0.1, 0.15) is 0 Å². The van der Waals surface area contributed by atoms with Crippen molar-refractivity contribution in [3.63, 3.8) is 0 Å². The van der Waals surface area contributed by atoms with Crippen molar-refractivity contribution in [1.82, 2.24) is 10.6 Å². The fraction of sp³-hybridized carbons (Fsp3) is 0.857. The van der Waals surface area contributed by atoms with E-state index in [1.807, 2.05) is 0 Å². The van der Waals surface area contributed by atoms with Crippen LogP contribution in [0.1, 0.15) is 46.0 Å². The molecular weight excluding hydrogens is 244 g/mol. The topological polar surface area (TPSA) is 67.4 Å². The van der Waals surface area contributed by atoms with E-state index in [0.29, 0.717) is 13.2 Å². The molecular formula is C14H26N2O3. The number of carbonyl (C=O) groups is 2. The van der Waals surface area contributed by atoms with Crippen LogP contribution in [0.5, 0.6) is 0 Å². The monoisotopic (exact) mass is 270 g/mol. The fourth-order valence-corrected chi connectivity index (χ4v) is 2.67. The molecule has 1 atom stereocenters. The van der Waals surface area contributed by atoms with Crippen LogP contribution in [0.3, 0.4) is 0 Å². The average Bonchev–Trinajstić information content (AvgIpc) is 2.40. The quantitative estimate of drug-likeness (QED) is 0.683. The summed E-state index contributed by atoms with van der Waals surface area (Å²) in [6, 6.07) is 0. The van der Waals surface area contributed by atoms with Gasteiger partial charge in [0.2, 0.25) is 5.91 Å². The minimum Gasteiger partial charge on any atom is -0.466 e. The van der Waals surface area contributed by atoms with E-state index in [-0.39, 0.29) is 23.7 Å². The molecule has 1 saturated heterocycles. The van der Waals surface area contributed by atoms with Gasteiger partial charge in [0, 0.05) is 13.1 Å². The van der Waals surface area contributed by atoms with Gasteiger partial charge in [-0.15, -0.1) is 0 Å². The summed E-state index contributed by atoms with van der Waals surface area (Å²) in [5.74, 6) is -0.181. The highest BCUT2D eigenvalue weighted by Crippen LogP contribution is 2.31. The normalized spacial score (nSPS) is 22.8. The first-order valence-electron chi connectivity index (χ1n) is 7.29. The summed E-state index contributed by atoms with van der Waals surface area (Å²) in [7, 11) is 0. The van der Waals surface area contributed by atoms with Crippen molar-refractivity contribution in [3.05, 3.63) is 0 Å². The number of hydrogen-bond donors (Lipinski definition) is 2. The molecule has 0 aromatic carbocycles. The van der Waals surface area contributed by atoms with Gasteiger partial charge in [-0.05, 0) is 32.7 Å². The Hall–Kier alpha value is -1.10. The predicted molar refractivity (Wildman–Crippen MR) is 73.7 cm³/mol. The van der Waals surface area contributed by atoms with Gasteiger partial charge < -0.3 is 15.4 Å². The van der Waals surface area contributed by atoms with Crippen LogP contribution in [0.2, 0.25) is 0 Å². The number of esters is 1. The van der Waals surface area contributed by atoms with Crippen molar-refractivity contribution in [1.29, 1.82) is 0 Å². The van der Waals surface area contributed by atoms with Gasteiger partial charge in [0.25, 0.3) is 0 Å². The number of amides is 1. The maximum atomic E-state index is 12.3. The van der Waals surface area contributed by atoms with Crippen LogP contribution in [-0.4, -0.2) is 38.1 Å². The number of ether oxygens (including phenoxy) is 1. The number of nitrogens with one attached hydrogen (secondary N) is 2. The second-order valence-corrected chi connectivity index (χ2v) is 5.12. The van der Waals surface area contributed by atoms with Crippen LogP contribution in [0.25, 0.3) is 0 Å². The highest BCUT2D eigenvalue weighted by molar-refractivity contribution is 5.83. The van der Waals surface area contributed by atoms with E-state index in [1.165, 1.54) is 0 Å². The Kier molecular flexibility index (Phi) is 6.84. The van der Waals surface area contributed by atoms with Gasteiger partial charge in [-0.3, -0.25) is 9.59 Å². The Labute approximate surface area is 115 Å². The van der Waals surface area contributed by atoms with Crippen LogP contribution in [0.15, 0.2) is 0 Å². The number of hydrogen-bond acceptors (Lipinski definition) is 4. The standard InChI is InChI=1S/C14H26N2O3/c1-3-7-14(8-5-9-15-11-14)13(18)16-10-6-12(17)19-4-2/h15H,3-11H2,1-2H3,(H,16,18). The third-order valence-corrected chi connectivity index (χ3v) is 3.60. The van der Waals surface area contributed by atoms with Crippen LogP contribution < -0.4 is 10.6 Å². The summed E-state index contributed by atoms with van der Waals surface area (Å²) in [5, 5.41) is 6.20. The van der Waals surface area contributed by atoms with Crippen molar-refractivity contribution in [3.8, 4) is 0 Å². The molecule has 0 radical (unpaired) electrons. The highest BCUT2D eigenvalue weighted by Gasteiger charge is 2.38. The lowest BCUT2D eigenvalue weighted by molar-refractivity contribution is -0.143. The molecule has 1 heterocycles. The lowest BCUT2D eigenvalue weighted by Crippen LogP contribution is -2.50. The molecule has 5 nitrogen and oxygen atoms in total. The van der Waals surface area contributed by atoms with Gasteiger partial charge in [-0.2, -0.15) is 0 Å². The molecule has 0 aromatic rings. The minimum atomic E-state index is -0.290. The third kappa shape index (κ3) is 4.82. The maximum Gasteiger partial charge on any atom is 0.307 e. The Morgan fingerprint density at radius 1 is 1.37 bits per heavy atom. The molecule has 19 heavy (non-hydrogen) atoms. The van der Waals surface area contributed by atoms with E-state index in [2.05, 4.69) is 17.6 Å². The molecule has 2 N–H and O–H groups in total. The van der Waals surface area contributed by atoms with E-state index >= 15 is 0 Å². The number of rotatable bonds is 7. The lowest BCUT2D eigenvalue weighted by atomic mass is 9.76. The molecule has 1 rings (SSSR count). The van der Waals surface area contributed by atoms with Crippen LogP contribution in [-0.2, 0) is 14.3 Å². The second-order valence-electron chi connectivity index (χ2n) is 5.12. The molecule has 0 spiro atoms. The first-order chi connectivity index (χ1) is 9.14. The first-order valence-corrected chi connectivity index (χ1v) is 7.29. The summed E-state index contributed by atoms with van der Waals surface area (Å²) in [4.78, 5) is 23.6.